The van der Waals surface area contributed by atoms with Gasteiger partial charge in [-0.05, 0) is 55.1 Å². The Bertz CT molecular complexity index is 1130. The van der Waals surface area contributed by atoms with Crippen LogP contribution in [0.15, 0.2) is 36.5 Å². The highest BCUT2D eigenvalue weighted by atomic mass is 16.2. The van der Waals surface area contributed by atoms with Crippen LogP contribution in [0.25, 0.3) is 0 Å². The minimum Gasteiger partial charge on any atom is -0.348 e. The van der Waals surface area contributed by atoms with Crippen LogP contribution < -0.4 is 10.6 Å². The quantitative estimate of drug-likeness (QED) is 0.694. The first-order valence-corrected chi connectivity index (χ1v) is 11.9. The van der Waals surface area contributed by atoms with Gasteiger partial charge in [0.1, 0.15) is 6.04 Å². The molecule has 4 aliphatic heterocycles. The van der Waals surface area contributed by atoms with Crippen LogP contribution >= 0.6 is 0 Å². The lowest BCUT2D eigenvalue weighted by atomic mass is 9.83. The SMILES string of the molecule is O=C1CCC(N2Cc3cc(CN4CCn5cccc5C45CCCNC5)ccc3C2=O)C(=O)N1. The Morgan fingerprint density at radius 3 is 2.85 bits per heavy atom. The average Bonchev–Trinajstić information content (AvgIpc) is 3.42. The Hall–Kier alpha value is -2.97. The van der Waals surface area contributed by atoms with Gasteiger partial charge in [0.2, 0.25) is 11.8 Å². The zero-order valence-corrected chi connectivity index (χ0v) is 18.7. The second-order valence-electron chi connectivity index (χ2n) is 9.71. The monoisotopic (exact) mass is 447 g/mol. The molecule has 2 N–H and O–H groups in total. The number of amides is 3. The molecule has 6 rings (SSSR count). The molecule has 3 amide bonds. The maximum Gasteiger partial charge on any atom is 0.255 e. The normalized spacial score (nSPS) is 27.6. The second kappa shape index (κ2) is 7.81. The molecular formula is C25H29N5O3. The third kappa shape index (κ3) is 3.31. The lowest BCUT2D eigenvalue weighted by molar-refractivity contribution is -0.136. The predicted molar refractivity (Wildman–Crippen MR) is 121 cm³/mol. The number of carbonyl (C=O) groups excluding carboxylic acids is 3. The number of nitrogens with zero attached hydrogens (tertiary/aromatic N) is 3. The Morgan fingerprint density at radius 2 is 2.03 bits per heavy atom. The highest BCUT2D eigenvalue weighted by Crippen LogP contribution is 2.39. The fourth-order valence-corrected chi connectivity index (χ4v) is 6.19. The van der Waals surface area contributed by atoms with E-state index in [1.54, 1.807) is 4.90 Å². The largest absolute Gasteiger partial charge is 0.348 e. The van der Waals surface area contributed by atoms with Crippen LogP contribution in [0.4, 0.5) is 0 Å². The van der Waals surface area contributed by atoms with Gasteiger partial charge < -0.3 is 14.8 Å². The number of nitrogens with one attached hydrogen (secondary N) is 2. The van der Waals surface area contributed by atoms with E-state index < -0.39 is 6.04 Å². The van der Waals surface area contributed by atoms with Gasteiger partial charge in [0.25, 0.3) is 5.91 Å². The summed E-state index contributed by atoms with van der Waals surface area (Å²) >= 11 is 0. The van der Waals surface area contributed by atoms with Crippen molar-refractivity contribution in [3.05, 3.63) is 58.9 Å². The number of hydrogen-bond acceptors (Lipinski definition) is 5. The van der Waals surface area contributed by atoms with Crippen LogP contribution in [0, 0.1) is 0 Å². The standard InChI is InChI=1S/C25H29N5O3/c31-22-7-6-20(23(32)27-22)30-15-18-13-17(4-5-19(18)24(30)33)14-29-12-11-28-10-1-3-21(28)25(29)8-2-9-26-16-25/h1,3-5,10,13,20,26H,2,6-9,11-12,14-16H2,(H,27,31,32). The van der Waals surface area contributed by atoms with E-state index in [1.165, 1.54) is 11.3 Å². The summed E-state index contributed by atoms with van der Waals surface area (Å²) < 4.78 is 2.39. The van der Waals surface area contributed by atoms with Crippen molar-refractivity contribution in [2.45, 2.75) is 56.9 Å². The molecule has 5 heterocycles. The summed E-state index contributed by atoms with van der Waals surface area (Å²) in [4.78, 5) is 41.1. The topological polar surface area (TPSA) is 86.7 Å². The van der Waals surface area contributed by atoms with Crippen molar-refractivity contribution in [3.63, 3.8) is 0 Å². The van der Waals surface area contributed by atoms with E-state index in [4.69, 9.17) is 0 Å². The van der Waals surface area contributed by atoms with Crippen molar-refractivity contribution in [2.24, 2.45) is 0 Å². The first-order chi connectivity index (χ1) is 16.0. The molecule has 0 bridgehead atoms. The van der Waals surface area contributed by atoms with Gasteiger partial charge in [-0.25, -0.2) is 0 Å². The number of benzene rings is 1. The van der Waals surface area contributed by atoms with Crippen molar-refractivity contribution in [1.29, 1.82) is 0 Å². The first-order valence-electron chi connectivity index (χ1n) is 11.9. The number of imide groups is 1. The summed E-state index contributed by atoms with van der Waals surface area (Å²) in [5.74, 6) is -0.744. The molecule has 2 saturated heterocycles. The van der Waals surface area contributed by atoms with Crippen LogP contribution in [0.3, 0.4) is 0 Å². The minimum absolute atomic E-state index is 0.00636. The molecule has 33 heavy (non-hydrogen) atoms. The van der Waals surface area contributed by atoms with E-state index in [0.717, 1.165) is 51.1 Å². The van der Waals surface area contributed by atoms with Crippen LogP contribution in [0.5, 0.6) is 0 Å². The summed E-state index contributed by atoms with van der Waals surface area (Å²) in [5, 5.41) is 5.99. The zero-order chi connectivity index (χ0) is 22.6. The van der Waals surface area contributed by atoms with Crippen molar-refractivity contribution in [2.75, 3.05) is 19.6 Å². The fraction of sp³-hybridized carbons (Fsp3) is 0.480. The van der Waals surface area contributed by atoms with Gasteiger partial charge in [-0.2, -0.15) is 0 Å². The average molecular weight is 448 g/mol. The molecule has 1 spiro atoms. The lowest BCUT2D eigenvalue weighted by Crippen LogP contribution is -2.58. The van der Waals surface area contributed by atoms with Gasteiger partial charge in [-0.3, -0.25) is 24.6 Å². The van der Waals surface area contributed by atoms with E-state index >= 15 is 0 Å². The molecule has 2 fully saturated rings. The Kier molecular flexibility index (Phi) is 4.88. The zero-order valence-electron chi connectivity index (χ0n) is 18.7. The van der Waals surface area contributed by atoms with Crippen molar-refractivity contribution in [1.82, 2.24) is 25.0 Å². The third-order valence-corrected chi connectivity index (χ3v) is 7.85. The van der Waals surface area contributed by atoms with Gasteiger partial charge in [-0.15, -0.1) is 0 Å². The first kappa shape index (κ1) is 20.6. The third-order valence-electron chi connectivity index (χ3n) is 7.85. The van der Waals surface area contributed by atoms with Gasteiger partial charge >= 0.3 is 0 Å². The molecule has 172 valence electrons. The summed E-state index contributed by atoms with van der Waals surface area (Å²) in [6.07, 6.45) is 5.14. The fourth-order valence-electron chi connectivity index (χ4n) is 6.19. The van der Waals surface area contributed by atoms with Crippen LogP contribution in [-0.4, -0.2) is 57.8 Å². The highest BCUT2D eigenvalue weighted by Gasteiger charge is 2.44. The Morgan fingerprint density at radius 1 is 1.12 bits per heavy atom. The van der Waals surface area contributed by atoms with Gasteiger partial charge in [-0.1, -0.05) is 12.1 Å². The Balaban J connectivity index is 1.24. The molecule has 8 heteroatoms. The van der Waals surface area contributed by atoms with E-state index in [1.807, 2.05) is 6.07 Å². The van der Waals surface area contributed by atoms with Gasteiger partial charge in [0.05, 0.1) is 5.54 Å². The molecule has 1 aromatic heterocycles. The van der Waals surface area contributed by atoms with Crippen LogP contribution in [0.1, 0.15) is 52.9 Å². The summed E-state index contributed by atoms with van der Waals surface area (Å²) in [6.45, 7) is 5.23. The van der Waals surface area contributed by atoms with Crippen LogP contribution in [-0.2, 0) is 34.8 Å². The predicted octanol–water partition coefficient (Wildman–Crippen LogP) is 1.34. The maximum atomic E-state index is 13.0. The van der Waals surface area contributed by atoms with Crippen molar-refractivity contribution >= 4 is 17.7 Å². The molecule has 0 saturated carbocycles. The van der Waals surface area contributed by atoms with Gasteiger partial charge in [0.15, 0.2) is 0 Å². The van der Waals surface area contributed by atoms with E-state index in [9.17, 15) is 14.4 Å². The summed E-state index contributed by atoms with van der Waals surface area (Å²) in [7, 11) is 0. The molecule has 0 radical (unpaired) electrons. The molecule has 8 nitrogen and oxygen atoms in total. The number of rotatable bonds is 3. The molecule has 1 aromatic carbocycles. The minimum atomic E-state index is -0.572. The van der Waals surface area contributed by atoms with Gasteiger partial charge in [0, 0.05) is 56.6 Å². The molecule has 4 aliphatic rings. The highest BCUT2D eigenvalue weighted by molar-refractivity contribution is 6.05. The van der Waals surface area contributed by atoms with Crippen molar-refractivity contribution < 1.29 is 14.4 Å². The number of aromatic nitrogens is 1. The van der Waals surface area contributed by atoms with Crippen LogP contribution in [0.2, 0.25) is 0 Å². The summed E-state index contributed by atoms with van der Waals surface area (Å²) in [6, 6.07) is 9.95. The smallest absolute Gasteiger partial charge is 0.255 e. The summed E-state index contributed by atoms with van der Waals surface area (Å²) in [5.41, 5.74) is 4.22. The molecule has 0 aliphatic carbocycles. The molecule has 2 aromatic rings. The number of carbonyl (C=O) groups is 3. The number of fused-ring (bicyclic) bond motifs is 3. The maximum absolute atomic E-state index is 13.0. The number of hydrogen-bond donors (Lipinski definition) is 2. The lowest BCUT2D eigenvalue weighted by Gasteiger charge is -2.50. The van der Waals surface area contributed by atoms with E-state index in [-0.39, 0.29) is 29.7 Å². The van der Waals surface area contributed by atoms with E-state index in [0.29, 0.717) is 18.5 Å². The van der Waals surface area contributed by atoms with Crippen molar-refractivity contribution in [3.8, 4) is 0 Å². The second-order valence-corrected chi connectivity index (χ2v) is 9.71. The van der Waals surface area contributed by atoms with E-state index in [2.05, 4.69) is 50.6 Å². The number of piperidine rings is 2. The Labute approximate surface area is 192 Å². The molecule has 2 unspecified atom stereocenters. The molecular weight excluding hydrogens is 418 g/mol. The molecule has 2 atom stereocenters.